The number of nitrogens with one attached hydrogen (secondary N) is 1. The molecule has 0 aliphatic carbocycles. The van der Waals surface area contributed by atoms with Gasteiger partial charge in [-0.3, -0.25) is 4.98 Å². The van der Waals surface area contributed by atoms with Crippen molar-refractivity contribution in [1.29, 1.82) is 0 Å². The molecule has 5 nitrogen and oxygen atoms in total. The van der Waals surface area contributed by atoms with Crippen LogP contribution in [0.25, 0.3) is 0 Å². The summed E-state index contributed by atoms with van der Waals surface area (Å²) in [5.41, 5.74) is 1.85. The van der Waals surface area contributed by atoms with E-state index in [1.165, 1.54) is 24.3 Å². The van der Waals surface area contributed by atoms with E-state index in [4.69, 9.17) is 0 Å². The smallest absolute Gasteiger partial charge is 0.387 e. The van der Waals surface area contributed by atoms with Crippen molar-refractivity contribution in [2.45, 2.75) is 26.2 Å². The van der Waals surface area contributed by atoms with Gasteiger partial charge in [0.1, 0.15) is 11.5 Å². The van der Waals surface area contributed by atoms with Crippen LogP contribution >= 0.6 is 0 Å². The van der Waals surface area contributed by atoms with Crippen molar-refractivity contribution in [2.24, 2.45) is 0 Å². The highest BCUT2D eigenvalue weighted by molar-refractivity contribution is 5.29. The Kier molecular flexibility index (Phi) is 5.84. The predicted octanol–water partition coefficient (Wildman–Crippen LogP) is 2.52. The van der Waals surface area contributed by atoms with Crippen LogP contribution in [0.4, 0.5) is 8.78 Å². The number of aromatic hydroxyl groups is 1. The molecule has 1 unspecified atom stereocenters. The Bertz CT molecular complexity index is 636. The molecule has 0 aliphatic rings. The lowest BCUT2D eigenvalue weighted by atomic mass is 10.1. The molecule has 0 spiro atoms. The van der Waals surface area contributed by atoms with E-state index in [0.29, 0.717) is 17.8 Å². The number of rotatable bonds is 7. The molecule has 1 aromatic heterocycles. The maximum atomic E-state index is 12.1. The van der Waals surface area contributed by atoms with Gasteiger partial charge in [0.25, 0.3) is 0 Å². The number of ether oxygens (including phenoxy) is 1. The van der Waals surface area contributed by atoms with E-state index in [-0.39, 0.29) is 18.0 Å². The number of hydrogen-bond acceptors (Lipinski definition) is 5. The molecule has 23 heavy (non-hydrogen) atoms. The molecule has 0 fully saturated rings. The average Bonchev–Trinajstić information content (AvgIpc) is 2.50. The zero-order chi connectivity index (χ0) is 16.8. The molecule has 0 bridgehead atoms. The number of aryl methyl sites for hydroxylation is 1. The van der Waals surface area contributed by atoms with Gasteiger partial charge in [-0.25, -0.2) is 0 Å². The van der Waals surface area contributed by atoms with Crippen LogP contribution in [0, 0.1) is 6.92 Å². The summed E-state index contributed by atoms with van der Waals surface area (Å²) in [5.74, 6) is 0.129. The summed E-state index contributed by atoms with van der Waals surface area (Å²) in [6.07, 6.45) is -0.817. The number of nitrogens with zero attached hydrogens (tertiary/aromatic N) is 1. The molecule has 124 valence electrons. The van der Waals surface area contributed by atoms with Crippen molar-refractivity contribution in [3.8, 4) is 11.5 Å². The van der Waals surface area contributed by atoms with E-state index in [0.717, 1.165) is 5.69 Å². The minimum Gasteiger partial charge on any atom is -0.506 e. The van der Waals surface area contributed by atoms with Crippen LogP contribution in [0.5, 0.6) is 11.5 Å². The van der Waals surface area contributed by atoms with Gasteiger partial charge in [0, 0.05) is 18.8 Å². The van der Waals surface area contributed by atoms with Gasteiger partial charge in [-0.1, -0.05) is 12.1 Å². The van der Waals surface area contributed by atoms with Crippen LogP contribution in [0.2, 0.25) is 0 Å². The van der Waals surface area contributed by atoms with Crippen LogP contribution < -0.4 is 10.1 Å². The van der Waals surface area contributed by atoms with Crippen molar-refractivity contribution >= 4 is 0 Å². The molecule has 2 aromatic rings. The van der Waals surface area contributed by atoms with Crippen molar-refractivity contribution in [1.82, 2.24) is 10.3 Å². The minimum atomic E-state index is -2.87. The fourth-order valence-corrected chi connectivity index (χ4v) is 2.05. The third-order valence-electron chi connectivity index (χ3n) is 3.21. The second kappa shape index (κ2) is 7.85. The molecule has 7 heteroatoms. The molecule has 0 amide bonds. The monoisotopic (exact) mass is 324 g/mol. The highest BCUT2D eigenvalue weighted by Gasteiger charge is 2.10. The molecule has 0 aliphatic heterocycles. The van der Waals surface area contributed by atoms with Gasteiger partial charge in [-0.2, -0.15) is 8.78 Å². The highest BCUT2D eigenvalue weighted by Crippen LogP contribution is 2.19. The maximum Gasteiger partial charge on any atom is 0.387 e. The van der Waals surface area contributed by atoms with Gasteiger partial charge in [-0.15, -0.1) is 0 Å². The largest absolute Gasteiger partial charge is 0.506 e. The fraction of sp³-hybridized carbons (Fsp3) is 0.312. The predicted molar refractivity (Wildman–Crippen MR) is 80.4 cm³/mol. The molecular formula is C16H18F2N2O3. The first-order valence-corrected chi connectivity index (χ1v) is 7.04. The first-order valence-electron chi connectivity index (χ1n) is 7.04. The Hall–Kier alpha value is -2.25. The van der Waals surface area contributed by atoms with E-state index in [1.807, 2.05) is 6.92 Å². The van der Waals surface area contributed by atoms with E-state index in [9.17, 15) is 19.0 Å². The lowest BCUT2D eigenvalue weighted by Gasteiger charge is -2.13. The second-order valence-corrected chi connectivity index (χ2v) is 5.01. The van der Waals surface area contributed by atoms with Gasteiger partial charge in [0.15, 0.2) is 0 Å². The summed E-state index contributed by atoms with van der Waals surface area (Å²) < 4.78 is 28.4. The summed E-state index contributed by atoms with van der Waals surface area (Å²) in [6, 6.07) is 9.06. The third kappa shape index (κ3) is 5.15. The fourth-order valence-electron chi connectivity index (χ4n) is 2.05. The lowest BCUT2D eigenvalue weighted by Crippen LogP contribution is -2.21. The van der Waals surface area contributed by atoms with Crippen LogP contribution in [0.15, 0.2) is 36.4 Å². The maximum absolute atomic E-state index is 12.1. The molecule has 3 N–H and O–H groups in total. The Balaban J connectivity index is 1.87. The number of aliphatic hydroxyl groups excluding tert-OH is 1. The van der Waals surface area contributed by atoms with E-state index in [1.54, 1.807) is 12.1 Å². The van der Waals surface area contributed by atoms with E-state index < -0.39 is 12.7 Å². The topological polar surface area (TPSA) is 74.6 Å². The SMILES string of the molecule is Cc1ccc(O)c(CNCC(O)c2ccc(OC(F)F)cc2)n1. The van der Waals surface area contributed by atoms with Crippen LogP contribution in [0.3, 0.4) is 0 Å². The molecule has 1 heterocycles. The molecule has 0 saturated carbocycles. The molecular weight excluding hydrogens is 306 g/mol. The summed E-state index contributed by atoms with van der Waals surface area (Å²) in [6.45, 7) is -0.524. The average molecular weight is 324 g/mol. The second-order valence-electron chi connectivity index (χ2n) is 5.01. The van der Waals surface area contributed by atoms with Gasteiger partial charge < -0.3 is 20.3 Å². The first kappa shape index (κ1) is 17.1. The Labute approximate surface area is 132 Å². The zero-order valence-corrected chi connectivity index (χ0v) is 12.5. The van der Waals surface area contributed by atoms with Crippen LogP contribution in [0.1, 0.15) is 23.1 Å². The molecule has 2 rings (SSSR count). The van der Waals surface area contributed by atoms with Crippen molar-refractivity contribution in [3.05, 3.63) is 53.3 Å². The minimum absolute atomic E-state index is 0.0396. The normalized spacial score (nSPS) is 12.4. The van der Waals surface area contributed by atoms with Crippen molar-refractivity contribution in [2.75, 3.05) is 6.54 Å². The van der Waals surface area contributed by atoms with Gasteiger partial charge in [-0.05, 0) is 36.8 Å². The first-order chi connectivity index (χ1) is 11.0. The molecule has 0 saturated heterocycles. The number of alkyl halides is 2. The highest BCUT2D eigenvalue weighted by atomic mass is 19.3. The van der Waals surface area contributed by atoms with Crippen molar-refractivity contribution < 1.29 is 23.7 Å². The summed E-state index contributed by atoms with van der Waals surface area (Å²) in [4.78, 5) is 4.20. The summed E-state index contributed by atoms with van der Waals surface area (Å²) in [5, 5.41) is 22.7. The van der Waals surface area contributed by atoms with E-state index in [2.05, 4.69) is 15.0 Å². The number of aliphatic hydroxyl groups is 1. The number of halogens is 2. The van der Waals surface area contributed by atoms with Gasteiger partial charge >= 0.3 is 6.61 Å². The Morgan fingerprint density at radius 1 is 1.17 bits per heavy atom. The van der Waals surface area contributed by atoms with Crippen LogP contribution in [-0.4, -0.2) is 28.4 Å². The quantitative estimate of drug-likeness (QED) is 0.730. The van der Waals surface area contributed by atoms with Crippen molar-refractivity contribution in [3.63, 3.8) is 0 Å². The number of pyridine rings is 1. The standard InChI is InChI=1S/C16H18F2N2O3/c1-10-2-7-14(21)13(20-10)8-19-9-15(22)11-3-5-12(6-4-11)23-16(17)18/h2-7,15-16,19,21-22H,8-9H2,1H3. The lowest BCUT2D eigenvalue weighted by molar-refractivity contribution is -0.0498. The van der Waals surface area contributed by atoms with E-state index >= 15 is 0 Å². The summed E-state index contributed by atoms with van der Waals surface area (Å²) >= 11 is 0. The Morgan fingerprint density at radius 2 is 1.87 bits per heavy atom. The number of benzene rings is 1. The third-order valence-corrected chi connectivity index (χ3v) is 3.21. The van der Waals surface area contributed by atoms with Gasteiger partial charge in [0.05, 0.1) is 11.8 Å². The molecule has 1 aromatic carbocycles. The summed E-state index contributed by atoms with van der Waals surface area (Å²) in [7, 11) is 0. The van der Waals surface area contributed by atoms with Crippen LogP contribution in [-0.2, 0) is 6.54 Å². The number of hydrogen-bond donors (Lipinski definition) is 3. The molecule has 1 atom stereocenters. The zero-order valence-electron chi connectivity index (χ0n) is 12.5. The number of aromatic nitrogens is 1. The molecule has 0 radical (unpaired) electrons. The Morgan fingerprint density at radius 3 is 2.52 bits per heavy atom. The van der Waals surface area contributed by atoms with Gasteiger partial charge in [0.2, 0.25) is 0 Å².